The predicted molar refractivity (Wildman–Crippen MR) is 124 cm³/mol. The van der Waals surface area contributed by atoms with Crippen molar-refractivity contribution in [3.63, 3.8) is 0 Å². The Kier molecular flexibility index (Phi) is 12.1. The minimum atomic E-state index is 0. The number of hydrogen-bond donors (Lipinski definition) is 2. The average molecular weight is 499 g/mol. The predicted octanol–water partition coefficient (Wildman–Crippen LogP) is 3.59. The normalized spacial score (nSPS) is 10.8. The van der Waals surface area contributed by atoms with Crippen molar-refractivity contribution in [2.75, 3.05) is 34.5 Å². The molecule has 0 spiro atoms. The lowest BCUT2D eigenvalue weighted by Crippen LogP contribution is -2.36. The molecule has 7 heteroatoms. The molecule has 0 aliphatic carbocycles. The van der Waals surface area contributed by atoms with Crippen LogP contribution in [0.2, 0.25) is 0 Å². The molecule has 2 aromatic rings. The molecule has 0 atom stereocenters. The number of methoxy groups -OCH3 is 2. The Hall–Kier alpha value is -2.00. The van der Waals surface area contributed by atoms with Crippen molar-refractivity contribution in [3.05, 3.63) is 59.7 Å². The molecule has 0 amide bonds. The number of ether oxygens (including phenoxy) is 3. The van der Waals surface area contributed by atoms with E-state index < -0.39 is 0 Å². The Bertz CT molecular complexity index is 726. The van der Waals surface area contributed by atoms with Crippen LogP contribution in [-0.4, -0.2) is 40.4 Å². The van der Waals surface area contributed by atoms with Gasteiger partial charge >= 0.3 is 0 Å². The Morgan fingerprint density at radius 3 is 2.07 bits per heavy atom. The second kappa shape index (κ2) is 14.1. The summed E-state index contributed by atoms with van der Waals surface area (Å²) in [5.41, 5.74) is 2.26. The number of aliphatic imine (C=N–C) groups is 1. The van der Waals surface area contributed by atoms with Crippen molar-refractivity contribution in [1.29, 1.82) is 0 Å². The van der Waals surface area contributed by atoms with Crippen molar-refractivity contribution < 1.29 is 14.2 Å². The highest BCUT2D eigenvalue weighted by molar-refractivity contribution is 14.0. The van der Waals surface area contributed by atoms with Gasteiger partial charge in [-0.05, 0) is 35.4 Å². The Balaban J connectivity index is 0.00000392. The maximum absolute atomic E-state index is 5.74. The molecule has 0 bridgehead atoms. The first kappa shape index (κ1) is 24.0. The summed E-state index contributed by atoms with van der Waals surface area (Å²) in [5, 5.41) is 6.63. The number of rotatable bonds is 10. The molecule has 28 heavy (non-hydrogen) atoms. The second-order valence-corrected chi connectivity index (χ2v) is 5.97. The van der Waals surface area contributed by atoms with Crippen molar-refractivity contribution in [2.24, 2.45) is 4.99 Å². The SMILES string of the molecule is CN=C(NCc1cccc(OC)c1)NCc1cccc(OCCCOC)c1.I. The van der Waals surface area contributed by atoms with E-state index in [4.69, 9.17) is 14.2 Å². The highest BCUT2D eigenvalue weighted by Crippen LogP contribution is 2.14. The van der Waals surface area contributed by atoms with Gasteiger partial charge in [-0.15, -0.1) is 24.0 Å². The monoisotopic (exact) mass is 499 g/mol. The van der Waals surface area contributed by atoms with Crippen LogP contribution >= 0.6 is 24.0 Å². The fourth-order valence-electron chi connectivity index (χ4n) is 2.51. The highest BCUT2D eigenvalue weighted by Gasteiger charge is 2.02. The number of nitrogens with zero attached hydrogens (tertiary/aromatic N) is 1. The van der Waals surface area contributed by atoms with E-state index in [-0.39, 0.29) is 24.0 Å². The zero-order valence-corrected chi connectivity index (χ0v) is 19.1. The molecule has 0 saturated heterocycles. The Morgan fingerprint density at radius 2 is 1.50 bits per heavy atom. The molecule has 2 rings (SSSR count). The lowest BCUT2D eigenvalue weighted by atomic mass is 10.2. The van der Waals surface area contributed by atoms with Gasteiger partial charge in [0.15, 0.2) is 5.96 Å². The third kappa shape index (κ3) is 8.79. The van der Waals surface area contributed by atoms with Gasteiger partial charge < -0.3 is 24.8 Å². The van der Waals surface area contributed by atoms with Gasteiger partial charge in [0, 0.05) is 40.3 Å². The van der Waals surface area contributed by atoms with Crippen LogP contribution in [-0.2, 0) is 17.8 Å². The van der Waals surface area contributed by atoms with E-state index in [1.807, 2.05) is 42.5 Å². The van der Waals surface area contributed by atoms with E-state index in [0.717, 1.165) is 35.0 Å². The number of nitrogens with one attached hydrogen (secondary N) is 2. The number of halogens is 1. The molecule has 0 radical (unpaired) electrons. The fourth-order valence-corrected chi connectivity index (χ4v) is 2.51. The summed E-state index contributed by atoms with van der Waals surface area (Å²) >= 11 is 0. The second-order valence-electron chi connectivity index (χ2n) is 5.97. The topological polar surface area (TPSA) is 64.1 Å². The van der Waals surface area contributed by atoms with Gasteiger partial charge in [-0.2, -0.15) is 0 Å². The summed E-state index contributed by atoms with van der Waals surface area (Å²) in [6, 6.07) is 16.0. The molecule has 0 aliphatic rings. The first-order chi connectivity index (χ1) is 13.2. The van der Waals surface area contributed by atoms with Crippen LogP contribution in [0.3, 0.4) is 0 Å². The van der Waals surface area contributed by atoms with Crippen LogP contribution in [0.25, 0.3) is 0 Å². The maximum Gasteiger partial charge on any atom is 0.191 e. The van der Waals surface area contributed by atoms with Crippen molar-refractivity contribution >= 4 is 29.9 Å². The van der Waals surface area contributed by atoms with Gasteiger partial charge in [-0.25, -0.2) is 0 Å². The van der Waals surface area contributed by atoms with E-state index in [1.165, 1.54) is 0 Å². The largest absolute Gasteiger partial charge is 0.497 e. The van der Waals surface area contributed by atoms with E-state index in [0.29, 0.717) is 26.3 Å². The maximum atomic E-state index is 5.74. The Morgan fingerprint density at radius 1 is 0.893 bits per heavy atom. The lowest BCUT2D eigenvalue weighted by molar-refractivity contribution is 0.172. The molecule has 0 aliphatic heterocycles. The zero-order chi connectivity index (χ0) is 19.3. The number of guanidine groups is 1. The number of hydrogen-bond acceptors (Lipinski definition) is 4. The Labute approximate surface area is 184 Å². The molecule has 2 aromatic carbocycles. The summed E-state index contributed by atoms with van der Waals surface area (Å²) in [7, 11) is 5.13. The van der Waals surface area contributed by atoms with Crippen LogP contribution in [0.15, 0.2) is 53.5 Å². The van der Waals surface area contributed by atoms with Crippen molar-refractivity contribution in [3.8, 4) is 11.5 Å². The molecule has 0 fully saturated rings. The summed E-state index contributed by atoms with van der Waals surface area (Å²) in [6.07, 6.45) is 0.875. The molecule has 6 nitrogen and oxygen atoms in total. The van der Waals surface area contributed by atoms with Gasteiger partial charge in [0.05, 0.1) is 13.7 Å². The summed E-state index contributed by atoms with van der Waals surface area (Å²) in [6.45, 7) is 2.68. The molecule has 0 unspecified atom stereocenters. The molecular formula is C21H30IN3O3. The van der Waals surface area contributed by atoms with Gasteiger partial charge in [-0.3, -0.25) is 4.99 Å². The fraction of sp³-hybridized carbons (Fsp3) is 0.381. The van der Waals surface area contributed by atoms with Crippen LogP contribution in [0, 0.1) is 0 Å². The minimum absolute atomic E-state index is 0. The molecule has 2 N–H and O–H groups in total. The van der Waals surface area contributed by atoms with Gasteiger partial charge in [0.25, 0.3) is 0 Å². The lowest BCUT2D eigenvalue weighted by Gasteiger charge is -2.13. The van der Waals surface area contributed by atoms with E-state index >= 15 is 0 Å². The first-order valence-electron chi connectivity index (χ1n) is 9.03. The van der Waals surface area contributed by atoms with E-state index in [1.54, 1.807) is 21.3 Å². The first-order valence-corrected chi connectivity index (χ1v) is 9.03. The van der Waals surface area contributed by atoms with Crippen LogP contribution in [0.1, 0.15) is 17.5 Å². The summed E-state index contributed by atoms with van der Waals surface area (Å²) in [5.74, 6) is 2.45. The van der Waals surface area contributed by atoms with E-state index in [2.05, 4.69) is 21.7 Å². The summed E-state index contributed by atoms with van der Waals surface area (Å²) < 4.78 is 16.0. The quantitative estimate of drug-likeness (QED) is 0.227. The van der Waals surface area contributed by atoms with Gasteiger partial charge in [-0.1, -0.05) is 24.3 Å². The molecule has 0 aromatic heterocycles. The van der Waals surface area contributed by atoms with E-state index in [9.17, 15) is 0 Å². The van der Waals surface area contributed by atoms with Crippen LogP contribution in [0.5, 0.6) is 11.5 Å². The standard InChI is InChI=1S/C21H29N3O3.HI/c1-22-21(23-15-17-7-4-9-19(13-17)26-3)24-16-18-8-5-10-20(14-18)27-12-6-11-25-2;/h4-5,7-10,13-14H,6,11-12,15-16H2,1-3H3,(H2,22,23,24);1H. The zero-order valence-electron chi connectivity index (χ0n) is 16.7. The number of benzene rings is 2. The van der Waals surface area contributed by atoms with Crippen LogP contribution in [0.4, 0.5) is 0 Å². The van der Waals surface area contributed by atoms with Gasteiger partial charge in [0.2, 0.25) is 0 Å². The van der Waals surface area contributed by atoms with Crippen molar-refractivity contribution in [1.82, 2.24) is 10.6 Å². The third-order valence-electron chi connectivity index (χ3n) is 3.94. The van der Waals surface area contributed by atoms with Gasteiger partial charge in [0.1, 0.15) is 11.5 Å². The van der Waals surface area contributed by atoms with Crippen molar-refractivity contribution in [2.45, 2.75) is 19.5 Å². The average Bonchev–Trinajstić information content (AvgIpc) is 2.72. The molecule has 0 heterocycles. The molecular weight excluding hydrogens is 469 g/mol. The summed E-state index contributed by atoms with van der Waals surface area (Å²) in [4.78, 5) is 4.27. The smallest absolute Gasteiger partial charge is 0.191 e. The minimum Gasteiger partial charge on any atom is -0.497 e. The highest BCUT2D eigenvalue weighted by atomic mass is 127. The molecule has 154 valence electrons. The van der Waals surface area contributed by atoms with Crippen LogP contribution < -0.4 is 20.1 Å². The molecule has 0 saturated carbocycles. The third-order valence-corrected chi connectivity index (χ3v) is 3.94.